The molecule has 0 aromatic rings. The summed E-state index contributed by atoms with van der Waals surface area (Å²) in [5.74, 6) is -0.601. The summed E-state index contributed by atoms with van der Waals surface area (Å²) in [6.07, 6.45) is 0.563. The molecule has 0 fully saturated rings. The van der Waals surface area contributed by atoms with Gasteiger partial charge in [0.05, 0.1) is 18.1 Å². The predicted molar refractivity (Wildman–Crippen MR) is 58.9 cm³/mol. The standard InChI is InChI=1S/C7H17NO6PS/c8-2-1-4-13-15(10)14-5-7-16(11,12)6-3-9/h9H,1-8H2/q+1. The minimum Gasteiger partial charge on any atom is -0.395 e. The highest BCUT2D eigenvalue weighted by molar-refractivity contribution is 7.91. The quantitative estimate of drug-likeness (QED) is 0.405. The van der Waals surface area contributed by atoms with Crippen molar-refractivity contribution in [3.63, 3.8) is 0 Å². The molecule has 0 saturated carbocycles. The minimum absolute atomic E-state index is 0.208. The summed E-state index contributed by atoms with van der Waals surface area (Å²) in [7, 11) is -5.62. The Labute approximate surface area is 95.8 Å². The molecule has 0 saturated heterocycles. The van der Waals surface area contributed by atoms with E-state index in [0.29, 0.717) is 13.0 Å². The van der Waals surface area contributed by atoms with Gasteiger partial charge in [-0.15, -0.1) is 9.05 Å². The van der Waals surface area contributed by atoms with Crippen molar-refractivity contribution in [1.82, 2.24) is 0 Å². The molecule has 0 aliphatic carbocycles. The topological polar surface area (TPSA) is 116 Å². The van der Waals surface area contributed by atoms with Crippen LogP contribution in [-0.2, 0) is 23.4 Å². The highest BCUT2D eigenvalue weighted by atomic mass is 32.2. The number of aliphatic hydroxyl groups is 1. The average Bonchev–Trinajstić information content (AvgIpc) is 2.17. The van der Waals surface area contributed by atoms with Crippen LogP contribution in [0.3, 0.4) is 0 Å². The number of hydrogen-bond donors (Lipinski definition) is 2. The smallest absolute Gasteiger partial charge is 0.395 e. The van der Waals surface area contributed by atoms with Crippen LogP contribution in [0.15, 0.2) is 0 Å². The van der Waals surface area contributed by atoms with Gasteiger partial charge in [0, 0.05) is 4.57 Å². The van der Waals surface area contributed by atoms with E-state index >= 15 is 0 Å². The summed E-state index contributed by atoms with van der Waals surface area (Å²) in [5.41, 5.74) is 5.19. The number of nitrogens with two attached hydrogens (primary N) is 1. The van der Waals surface area contributed by atoms with E-state index in [1.165, 1.54) is 0 Å². The first-order valence-electron chi connectivity index (χ1n) is 4.76. The largest absolute Gasteiger partial charge is 0.697 e. The van der Waals surface area contributed by atoms with Crippen molar-refractivity contribution < 1.29 is 27.1 Å². The van der Waals surface area contributed by atoms with Gasteiger partial charge in [0.25, 0.3) is 0 Å². The van der Waals surface area contributed by atoms with E-state index in [0.717, 1.165) is 0 Å². The molecular weight excluding hydrogens is 257 g/mol. The van der Waals surface area contributed by atoms with Crippen molar-refractivity contribution >= 4 is 18.1 Å². The Morgan fingerprint density at radius 3 is 2.38 bits per heavy atom. The molecule has 0 amide bonds. The SMILES string of the molecule is NCCCO[P+](=O)OCCS(=O)(=O)CCO. The van der Waals surface area contributed by atoms with Crippen molar-refractivity contribution in [2.24, 2.45) is 5.73 Å². The Bertz CT molecular complexity index is 293. The fourth-order valence-corrected chi connectivity index (χ4v) is 2.28. The van der Waals surface area contributed by atoms with Crippen LogP contribution < -0.4 is 5.73 Å². The van der Waals surface area contributed by atoms with Crippen LogP contribution in [0.4, 0.5) is 0 Å². The second-order valence-electron chi connectivity index (χ2n) is 2.91. The average molecular weight is 274 g/mol. The van der Waals surface area contributed by atoms with Crippen molar-refractivity contribution in [2.45, 2.75) is 6.42 Å². The lowest BCUT2D eigenvalue weighted by atomic mass is 10.5. The fraction of sp³-hybridized carbons (Fsp3) is 1.00. The maximum atomic E-state index is 11.1. The molecule has 0 rings (SSSR count). The lowest BCUT2D eigenvalue weighted by Gasteiger charge is -1.97. The van der Waals surface area contributed by atoms with Crippen LogP contribution in [-0.4, -0.2) is 51.4 Å². The highest BCUT2D eigenvalue weighted by Crippen LogP contribution is 2.23. The van der Waals surface area contributed by atoms with Crippen LogP contribution in [0, 0.1) is 0 Å². The first-order valence-corrected chi connectivity index (χ1v) is 7.68. The van der Waals surface area contributed by atoms with Gasteiger partial charge in [-0.2, -0.15) is 0 Å². The Hall–Kier alpha value is -0.110. The molecule has 1 unspecified atom stereocenters. The van der Waals surface area contributed by atoms with E-state index in [1.54, 1.807) is 0 Å². The van der Waals surface area contributed by atoms with Gasteiger partial charge < -0.3 is 10.8 Å². The molecule has 3 N–H and O–H groups in total. The lowest BCUT2D eigenvalue weighted by Crippen LogP contribution is -2.16. The third-order valence-corrected chi connectivity index (χ3v) is 3.92. The number of sulfone groups is 1. The van der Waals surface area contributed by atoms with Crippen LogP contribution in [0.2, 0.25) is 0 Å². The number of aliphatic hydroxyl groups excluding tert-OH is 1. The Kier molecular flexibility index (Phi) is 8.91. The molecule has 0 heterocycles. The zero-order valence-corrected chi connectivity index (χ0v) is 10.6. The van der Waals surface area contributed by atoms with E-state index in [2.05, 4.69) is 4.52 Å². The number of hydrogen-bond acceptors (Lipinski definition) is 7. The van der Waals surface area contributed by atoms with E-state index in [4.69, 9.17) is 15.4 Å². The van der Waals surface area contributed by atoms with E-state index in [1.807, 2.05) is 0 Å². The molecule has 0 aliphatic rings. The van der Waals surface area contributed by atoms with Crippen LogP contribution in [0.25, 0.3) is 0 Å². The molecule has 96 valence electrons. The van der Waals surface area contributed by atoms with Gasteiger partial charge in [-0.25, -0.2) is 8.42 Å². The molecule has 0 aliphatic heterocycles. The van der Waals surface area contributed by atoms with Crippen molar-refractivity contribution in [1.29, 1.82) is 0 Å². The van der Waals surface area contributed by atoms with Crippen molar-refractivity contribution in [3.8, 4) is 0 Å². The molecular formula is C7H17NO6PS+. The Balaban J connectivity index is 3.61. The van der Waals surface area contributed by atoms with Gasteiger partial charge in [0.1, 0.15) is 13.2 Å². The van der Waals surface area contributed by atoms with Crippen molar-refractivity contribution in [2.75, 3.05) is 37.9 Å². The molecule has 0 radical (unpaired) electrons. The van der Waals surface area contributed by atoms with Crippen LogP contribution >= 0.6 is 8.25 Å². The molecule has 1 atom stereocenters. The predicted octanol–water partition coefficient (Wildman–Crippen LogP) is -0.567. The lowest BCUT2D eigenvalue weighted by molar-refractivity contribution is 0.233. The molecule has 0 bridgehead atoms. The molecule has 0 spiro atoms. The van der Waals surface area contributed by atoms with Gasteiger partial charge >= 0.3 is 8.25 Å². The Morgan fingerprint density at radius 2 is 1.81 bits per heavy atom. The Morgan fingerprint density at radius 1 is 1.19 bits per heavy atom. The van der Waals surface area contributed by atoms with E-state index in [-0.39, 0.29) is 24.7 Å². The van der Waals surface area contributed by atoms with E-state index in [9.17, 15) is 13.0 Å². The summed E-state index contributed by atoms with van der Waals surface area (Å²) in [5, 5.41) is 8.44. The normalized spacial score (nSPS) is 12.8. The van der Waals surface area contributed by atoms with Gasteiger partial charge in [0.15, 0.2) is 9.84 Å². The molecule has 7 nitrogen and oxygen atoms in total. The first kappa shape index (κ1) is 15.9. The third kappa shape index (κ3) is 9.14. The zero-order valence-electron chi connectivity index (χ0n) is 8.87. The summed E-state index contributed by atoms with van der Waals surface area (Å²) in [4.78, 5) is 0. The summed E-state index contributed by atoms with van der Waals surface area (Å²) in [6, 6.07) is 0. The van der Waals surface area contributed by atoms with Gasteiger partial charge in [0.2, 0.25) is 0 Å². The molecule has 16 heavy (non-hydrogen) atoms. The highest BCUT2D eigenvalue weighted by Gasteiger charge is 2.21. The van der Waals surface area contributed by atoms with E-state index < -0.39 is 24.7 Å². The fourth-order valence-electron chi connectivity index (χ4n) is 0.740. The monoisotopic (exact) mass is 274 g/mol. The molecule has 9 heteroatoms. The maximum absolute atomic E-state index is 11.1. The van der Waals surface area contributed by atoms with Gasteiger partial charge in [-0.05, 0) is 13.0 Å². The first-order chi connectivity index (χ1) is 7.52. The molecule has 0 aromatic carbocycles. The van der Waals surface area contributed by atoms with Crippen LogP contribution in [0.1, 0.15) is 6.42 Å². The molecule has 0 aromatic heterocycles. The minimum atomic E-state index is -3.33. The summed E-state index contributed by atoms with van der Waals surface area (Å²) < 4.78 is 42.5. The maximum Gasteiger partial charge on any atom is 0.697 e. The second kappa shape index (κ2) is 8.98. The van der Waals surface area contributed by atoms with Gasteiger partial charge in [-0.3, -0.25) is 0 Å². The van der Waals surface area contributed by atoms with Gasteiger partial charge in [-0.1, -0.05) is 0 Å². The van der Waals surface area contributed by atoms with Crippen molar-refractivity contribution in [3.05, 3.63) is 0 Å². The summed E-state index contributed by atoms with van der Waals surface area (Å²) in [6.45, 7) is 0.00474. The second-order valence-corrected chi connectivity index (χ2v) is 6.17. The van der Waals surface area contributed by atoms with Crippen LogP contribution in [0.5, 0.6) is 0 Å². The third-order valence-electron chi connectivity index (χ3n) is 1.54. The number of rotatable bonds is 10. The zero-order chi connectivity index (χ0) is 12.4. The summed E-state index contributed by atoms with van der Waals surface area (Å²) >= 11 is 0.